The summed E-state index contributed by atoms with van der Waals surface area (Å²) in [7, 11) is 0. The Morgan fingerprint density at radius 3 is 2.72 bits per heavy atom. The molecule has 25 heavy (non-hydrogen) atoms. The molecular formula is C18H26N4O3. The van der Waals surface area contributed by atoms with Gasteiger partial charge in [-0.25, -0.2) is 4.79 Å². The number of hydrogen-bond acceptors (Lipinski definition) is 5. The van der Waals surface area contributed by atoms with Crippen LogP contribution in [0.4, 0.5) is 4.79 Å². The molecule has 0 fully saturated rings. The van der Waals surface area contributed by atoms with Gasteiger partial charge in [-0.3, -0.25) is 4.68 Å². The molecule has 0 spiro atoms. The van der Waals surface area contributed by atoms with Crippen LogP contribution in [0, 0.1) is 0 Å². The topological polar surface area (TPSA) is 69.0 Å². The molecule has 0 N–H and O–H groups in total. The van der Waals surface area contributed by atoms with Crippen LogP contribution in [-0.2, 0) is 29.1 Å². The van der Waals surface area contributed by atoms with E-state index in [1.54, 1.807) is 4.90 Å². The number of carbonyl (C=O) groups excluding carboxylic acids is 1. The monoisotopic (exact) mass is 346 g/mol. The Hall–Kier alpha value is -2.31. The van der Waals surface area contributed by atoms with Gasteiger partial charge >= 0.3 is 6.09 Å². The number of carbonyl (C=O) groups is 1. The summed E-state index contributed by atoms with van der Waals surface area (Å²) in [5.41, 5.74) is 3.59. The molecule has 1 amide bonds. The third-order valence-electron chi connectivity index (χ3n) is 4.43. The van der Waals surface area contributed by atoms with Gasteiger partial charge < -0.3 is 14.5 Å². The molecule has 0 atom stereocenters. The summed E-state index contributed by atoms with van der Waals surface area (Å²) in [6.07, 6.45) is 2.34. The SMILES string of the molecule is C=NOC1=C(C)CCCn2nc3c(c21)CN(C(=O)OC(C)(C)C)CC3. The van der Waals surface area contributed by atoms with E-state index in [2.05, 4.69) is 11.9 Å². The molecule has 7 nitrogen and oxygen atoms in total. The lowest BCUT2D eigenvalue weighted by molar-refractivity contribution is 0.0223. The first-order valence-corrected chi connectivity index (χ1v) is 8.70. The Labute approximate surface area is 148 Å². The summed E-state index contributed by atoms with van der Waals surface area (Å²) in [5.74, 6) is 0.715. The van der Waals surface area contributed by atoms with Gasteiger partial charge in [-0.15, -0.1) is 0 Å². The molecule has 1 aromatic rings. The van der Waals surface area contributed by atoms with Gasteiger partial charge in [-0.05, 0) is 46.1 Å². The highest BCUT2D eigenvalue weighted by atomic mass is 16.6. The normalized spacial score (nSPS) is 17.5. The Bertz CT molecular complexity index is 727. The van der Waals surface area contributed by atoms with Crippen molar-refractivity contribution in [2.24, 2.45) is 5.16 Å². The first-order valence-electron chi connectivity index (χ1n) is 8.70. The molecule has 2 aliphatic rings. The number of ether oxygens (including phenoxy) is 1. The summed E-state index contributed by atoms with van der Waals surface area (Å²) >= 11 is 0. The fourth-order valence-electron chi connectivity index (χ4n) is 3.32. The van der Waals surface area contributed by atoms with Gasteiger partial charge in [0.2, 0.25) is 0 Å². The number of rotatable bonds is 2. The number of fused-ring (bicyclic) bond motifs is 3. The van der Waals surface area contributed by atoms with Crippen molar-refractivity contribution in [3.05, 3.63) is 22.5 Å². The number of aromatic nitrogens is 2. The van der Waals surface area contributed by atoms with E-state index in [4.69, 9.17) is 14.7 Å². The summed E-state index contributed by atoms with van der Waals surface area (Å²) in [6.45, 7) is 13.0. The minimum absolute atomic E-state index is 0.295. The summed E-state index contributed by atoms with van der Waals surface area (Å²) < 4.78 is 7.51. The maximum atomic E-state index is 12.5. The van der Waals surface area contributed by atoms with Crippen molar-refractivity contribution in [1.82, 2.24) is 14.7 Å². The second-order valence-corrected chi connectivity index (χ2v) is 7.58. The largest absolute Gasteiger partial charge is 0.444 e. The summed E-state index contributed by atoms with van der Waals surface area (Å²) in [4.78, 5) is 19.7. The Morgan fingerprint density at radius 1 is 1.28 bits per heavy atom. The van der Waals surface area contributed by atoms with Crippen molar-refractivity contribution in [3.63, 3.8) is 0 Å². The quantitative estimate of drug-likeness (QED) is 0.608. The molecule has 0 aliphatic carbocycles. The molecule has 0 saturated heterocycles. The molecule has 7 heteroatoms. The second-order valence-electron chi connectivity index (χ2n) is 7.58. The third kappa shape index (κ3) is 3.55. The van der Waals surface area contributed by atoms with Crippen LogP contribution in [0.5, 0.6) is 0 Å². The standard InChI is InChI=1S/C18H26N4O3/c1-12-7-6-9-22-15(16(12)25-19-5)13-11-21(10-8-14(13)20-22)17(23)24-18(2,3)4/h5-11H2,1-4H3. The van der Waals surface area contributed by atoms with E-state index in [1.165, 1.54) is 0 Å². The van der Waals surface area contributed by atoms with Crippen LogP contribution in [0.15, 0.2) is 10.7 Å². The Balaban J connectivity index is 1.95. The molecule has 0 bridgehead atoms. The number of hydrogen-bond donors (Lipinski definition) is 0. The van der Waals surface area contributed by atoms with Crippen molar-refractivity contribution in [2.45, 2.75) is 65.6 Å². The van der Waals surface area contributed by atoms with Gasteiger partial charge in [0.05, 0.1) is 12.2 Å². The lowest BCUT2D eigenvalue weighted by atomic mass is 10.0. The van der Waals surface area contributed by atoms with Gasteiger partial charge in [0.1, 0.15) is 11.3 Å². The first kappa shape index (κ1) is 17.5. The predicted molar refractivity (Wildman–Crippen MR) is 95.0 cm³/mol. The summed E-state index contributed by atoms with van der Waals surface area (Å²) in [5, 5.41) is 8.38. The minimum atomic E-state index is -0.509. The van der Waals surface area contributed by atoms with Crippen LogP contribution in [0.3, 0.4) is 0 Å². The zero-order valence-electron chi connectivity index (χ0n) is 15.5. The zero-order chi connectivity index (χ0) is 18.2. The molecule has 3 rings (SSSR count). The van der Waals surface area contributed by atoms with Crippen LogP contribution in [-0.4, -0.2) is 39.6 Å². The van der Waals surface area contributed by atoms with Gasteiger partial charge in [-0.2, -0.15) is 5.10 Å². The minimum Gasteiger partial charge on any atom is -0.444 e. The van der Waals surface area contributed by atoms with Crippen LogP contribution in [0.2, 0.25) is 0 Å². The maximum absolute atomic E-state index is 12.5. The smallest absolute Gasteiger partial charge is 0.410 e. The number of oxime groups is 1. The molecule has 0 saturated carbocycles. The highest BCUT2D eigenvalue weighted by Gasteiger charge is 2.32. The van der Waals surface area contributed by atoms with E-state index >= 15 is 0 Å². The van der Waals surface area contributed by atoms with Gasteiger partial charge in [0, 0.05) is 31.8 Å². The molecule has 136 valence electrons. The fraction of sp³-hybridized carbons (Fsp3) is 0.611. The highest BCUT2D eigenvalue weighted by Crippen LogP contribution is 2.34. The predicted octanol–water partition coefficient (Wildman–Crippen LogP) is 3.33. The van der Waals surface area contributed by atoms with Gasteiger partial charge in [0.25, 0.3) is 0 Å². The molecule has 2 aliphatic heterocycles. The van der Waals surface area contributed by atoms with Crippen LogP contribution in [0.25, 0.3) is 5.76 Å². The van der Waals surface area contributed by atoms with Crippen molar-refractivity contribution < 1.29 is 14.4 Å². The van der Waals surface area contributed by atoms with Crippen molar-refractivity contribution in [2.75, 3.05) is 6.54 Å². The number of nitrogens with zero attached hydrogens (tertiary/aromatic N) is 4. The van der Waals surface area contributed by atoms with Crippen molar-refractivity contribution >= 4 is 18.6 Å². The van der Waals surface area contributed by atoms with Crippen LogP contribution < -0.4 is 0 Å². The van der Waals surface area contributed by atoms with Crippen molar-refractivity contribution in [3.8, 4) is 0 Å². The lowest BCUT2D eigenvalue weighted by Gasteiger charge is -2.30. The van der Waals surface area contributed by atoms with E-state index < -0.39 is 5.60 Å². The maximum Gasteiger partial charge on any atom is 0.410 e. The van der Waals surface area contributed by atoms with Crippen LogP contribution >= 0.6 is 0 Å². The molecular weight excluding hydrogens is 320 g/mol. The van der Waals surface area contributed by atoms with E-state index in [1.807, 2.05) is 32.4 Å². The van der Waals surface area contributed by atoms with E-state index in [0.717, 1.165) is 41.9 Å². The molecule has 0 unspecified atom stereocenters. The molecule has 1 aromatic heterocycles. The molecule has 3 heterocycles. The number of aryl methyl sites for hydroxylation is 1. The number of amides is 1. The van der Waals surface area contributed by atoms with Gasteiger partial charge in [0.15, 0.2) is 5.76 Å². The second kappa shape index (κ2) is 6.54. The number of allylic oxidation sites excluding steroid dienone is 1. The lowest BCUT2D eigenvalue weighted by Crippen LogP contribution is -2.40. The van der Waals surface area contributed by atoms with E-state index in [9.17, 15) is 4.79 Å². The van der Waals surface area contributed by atoms with E-state index in [0.29, 0.717) is 25.3 Å². The van der Waals surface area contributed by atoms with E-state index in [-0.39, 0.29) is 6.09 Å². The molecule has 0 radical (unpaired) electrons. The Morgan fingerprint density at radius 2 is 2.04 bits per heavy atom. The average Bonchev–Trinajstić information content (AvgIpc) is 2.80. The van der Waals surface area contributed by atoms with Gasteiger partial charge in [-0.1, -0.05) is 5.16 Å². The van der Waals surface area contributed by atoms with Crippen LogP contribution in [0.1, 0.15) is 57.5 Å². The average molecular weight is 346 g/mol. The summed E-state index contributed by atoms with van der Waals surface area (Å²) in [6, 6.07) is 0. The third-order valence-corrected chi connectivity index (χ3v) is 4.43. The molecule has 0 aromatic carbocycles. The Kier molecular flexibility index (Phi) is 4.58. The highest BCUT2D eigenvalue weighted by molar-refractivity contribution is 5.70. The zero-order valence-corrected chi connectivity index (χ0v) is 15.5. The van der Waals surface area contributed by atoms with Crippen molar-refractivity contribution in [1.29, 1.82) is 0 Å². The first-order chi connectivity index (χ1) is 11.8. The fourth-order valence-corrected chi connectivity index (χ4v) is 3.32.